The molecular weight excluding hydrogens is 166 g/mol. The fourth-order valence-electron chi connectivity index (χ4n) is 1.18. The molecule has 0 unspecified atom stereocenters. The smallest absolute Gasteiger partial charge is 0.108 e. The number of nitrogens with zero attached hydrogens (tertiary/aromatic N) is 2. The molecule has 1 aromatic heterocycles. The van der Waals surface area contributed by atoms with Gasteiger partial charge in [0.1, 0.15) is 5.69 Å². The van der Waals surface area contributed by atoms with E-state index in [-0.39, 0.29) is 0 Å². The van der Waals surface area contributed by atoms with Crippen LogP contribution in [0.2, 0.25) is 0 Å². The lowest BCUT2D eigenvalue weighted by Crippen LogP contribution is -2.03. The molecule has 4 nitrogen and oxygen atoms in total. The maximum absolute atomic E-state index is 5.44. The number of allylic oxidation sites excluding steroid dienone is 2. The van der Waals surface area contributed by atoms with Crippen LogP contribution in [0.1, 0.15) is 5.69 Å². The predicted molar refractivity (Wildman–Crippen MR) is 47.8 cm³/mol. The average molecular weight is 177 g/mol. The van der Waals surface area contributed by atoms with Gasteiger partial charge in [-0.25, -0.2) is 0 Å². The first kappa shape index (κ1) is 8.19. The van der Waals surface area contributed by atoms with E-state index in [0.717, 1.165) is 5.69 Å². The van der Waals surface area contributed by atoms with Gasteiger partial charge in [-0.15, -0.1) is 0 Å². The Morgan fingerprint density at radius 2 is 2.23 bits per heavy atom. The van der Waals surface area contributed by atoms with E-state index in [4.69, 9.17) is 4.74 Å². The second kappa shape index (κ2) is 4.00. The van der Waals surface area contributed by atoms with Crippen LogP contribution in [-0.2, 0) is 11.3 Å². The van der Waals surface area contributed by atoms with Gasteiger partial charge in [0, 0.05) is 5.92 Å². The number of ether oxygens (including phenoxy) is 1. The van der Waals surface area contributed by atoms with Gasteiger partial charge in [-0.1, -0.05) is 24.3 Å². The van der Waals surface area contributed by atoms with E-state index in [1.54, 1.807) is 6.20 Å². The van der Waals surface area contributed by atoms with E-state index >= 15 is 0 Å². The summed E-state index contributed by atoms with van der Waals surface area (Å²) >= 11 is 0. The third kappa shape index (κ3) is 2.26. The Hall–Kier alpha value is -1.42. The maximum atomic E-state index is 5.44. The fourth-order valence-corrected chi connectivity index (χ4v) is 1.18. The van der Waals surface area contributed by atoms with E-state index in [1.165, 1.54) is 0 Å². The first-order chi connectivity index (χ1) is 6.45. The van der Waals surface area contributed by atoms with Crippen molar-refractivity contribution in [2.75, 3.05) is 6.61 Å². The van der Waals surface area contributed by atoms with Crippen LogP contribution in [0.5, 0.6) is 0 Å². The molecule has 1 aliphatic carbocycles. The minimum atomic E-state index is 0.423. The summed E-state index contributed by atoms with van der Waals surface area (Å²) in [7, 11) is 0. The molecule has 1 aliphatic rings. The number of hydrogen-bond donors (Lipinski definition) is 1. The van der Waals surface area contributed by atoms with E-state index in [2.05, 4.69) is 27.6 Å². The Bertz CT molecular complexity index is 291. The SMILES string of the molecule is C1=CC(COCc2cn[nH]n2)C=C1. The molecule has 68 valence electrons. The Kier molecular flexibility index (Phi) is 2.52. The molecule has 0 saturated heterocycles. The van der Waals surface area contributed by atoms with E-state index in [9.17, 15) is 0 Å². The standard InChI is InChI=1S/C9H11N3O/c1-2-4-8(3-1)6-13-7-9-5-10-12-11-9/h1-5,8H,6-7H2,(H,10,11,12). The van der Waals surface area contributed by atoms with Gasteiger partial charge in [0.05, 0.1) is 19.4 Å². The summed E-state index contributed by atoms with van der Waals surface area (Å²) in [5.74, 6) is 0.423. The predicted octanol–water partition coefficient (Wildman–Crippen LogP) is 1.06. The van der Waals surface area contributed by atoms with Crippen molar-refractivity contribution in [3.8, 4) is 0 Å². The number of aromatic amines is 1. The van der Waals surface area contributed by atoms with E-state index in [1.807, 2.05) is 12.2 Å². The molecule has 0 atom stereocenters. The summed E-state index contributed by atoms with van der Waals surface area (Å²) in [6.45, 7) is 1.23. The quantitative estimate of drug-likeness (QED) is 0.748. The van der Waals surface area contributed by atoms with Crippen molar-refractivity contribution < 1.29 is 4.74 Å². The van der Waals surface area contributed by atoms with Crippen molar-refractivity contribution in [2.45, 2.75) is 6.61 Å². The zero-order valence-corrected chi connectivity index (χ0v) is 7.18. The molecule has 0 spiro atoms. The van der Waals surface area contributed by atoms with Gasteiger partial charge < -0.3 is 4.74 Å². The second-order valence-electron chi connectivity index (χ2n) is 2.91. The van der Waals surface area contributed by atoms with Crippen molar-refractivity contribution >= 4 is 0 Å². The molecule has 1 N–H and O–H groups in total. The lowest BCUT2D eigenvalue weighted by molar-refractivity contribution is 0.108. The largest absolute Gasteiger partial charge is 0.374 e. The molecule has 0 saturated carbocycles. The Morgan fingerprint density at radius 1 is 1.38 bits per heavy atom. The van der Waals surface area contributed by atoms with Crippen molar-refractivity contribution in [1.29, 1.82) is 0 Å². The van der Waals surface area contributed by atoms with E-state index < -0.39 is 0 Å². The molecule has 0 amide bonds. The molecule has 4 heteroatoms. The summed E-state index contributed by atoms with van der Waals surface area (Å²) in [5, 5.41) is 10.1. The van der Waals surface area contributed by atoms with Crippen LogP contribution in [0.15, 0.2) is 30.5 Å². The normalized spacial score (nSPS) is 15.7. The highest BCUT2D eigenvalue weighted by Gasteiger charge is 2.03. The molecule has 2 rings (SSSR count). The molecule has 0 radical (unpaired) electrons. The van der Waals surface area contributed by atoms with Gasteiger partial charge >= 0.3 is 0 Å². The van der Waals surface area contributed by atoms with Crippen molar-refractivity contribution in [1.82, 2.24) is 15.4 Å². The monoisotopic (exact) mass is 177 g/mol. The van der Waals surface area contributed by atoms with Crippen LogP contribution in [-0.4, -0.2) is 22.0 Å². The Labute approximate surface area is 76.3 Å². The topological polar surface area (TPSA) is 50.8 Å². The summed E-state index contributed by atoms with van der Waals surface area (Å²) in [6.07, 6.45) is 9.96. The second-order valence-corrected chi connectivity index (χ2v) is 2.91. The molecular formula is C9H11N3O. The van der Waals surface area contributed by atoms with Crippen LogP contribution in [0, 0.1) is 5.92 Å². The van der Waals surface area contributed by atoms with Crippen LogP contribution < -0.4 is 0 Å². The van der Waals surface area contributed by atoms with Gasteiger partial charge in [-0.05, 0) is 0 Å². The van der Waals surface area contributed by atoms with Gasteiger partial charge in [-0.3, -0.25) is 0 Å². The van der Waals surface area contributed by atoms with Gasteiger partial charge in [0.2, 0.25) is 0 Å². The zero-order chi connectivity index (χ0) is 8.93. The Morgan fingerprint density at radius 3 is 2.92 bits per heavy atom. The van der Waals surface area contributed by atoms with Crippen LogP contribution in [0.4, 0.5) is 0 Å². The van der Waals surface area contributed by atoms with Crippen molar-refractivity contribution in [3.05, 3.63) is 36.2 Å². The van der Waals surface area contributed by atoms with Crippen LogP contribution >= 0.6 is 0 Å². The average Bonchev–Trinajstić information content (AvgIpc) is 2.75. The Balaban J connectivity index is 1.69. The molecule has 0 bridgehead atoms. The first-order valence-corrected chi connectivity index (χ1v) is 4.22. The molecule has 0 aromatic carbocycles. The van der Waals surface area contributed by atoms with E-state index in [0.29, 0.717) is 19.1 Å². The minimum Gasteiger partial charge on any atom is -0.374 e. The highest BCUT2D eigenvalue weighted by Crippen LogP contribution is 2.09. The fraction of sp³-hybridized carbons (Fsp3) is 0.333. The van der Waals surface area contributed by atoms with Crippen molar-refractivity contribution in [2.24, 2.45) is 5.92 Å². The lowest BCUT2D eigenvalue weighted by Gasteiger charge is -2.04. The molecule has 1 aromatic rings. The summed E-state index contributed by atoms with van der Waals surface area (Å²) in [4.78, 5) is 0. The zero-order valence-electron chi connectivity index (χ0n) is 7.18. The minimum absolute atomic E-state index is 0.423. The number of nitrogens with one attached hydrogen (secondary N) is 1. The third-order valence-electron chi connectivity index (χ3n) is 1.85. The lowest BCUT2D eigenvalue weighted by atomic mass is 10.2. The maximum Gasteiger partial charge on any atom is 0.108 e. The summed E-state index contributed by atoms with van der Waals surface area (Å²) < 4.78 is 5.44. The third-order valence-corrected chi connectivity index (χ3v) is 1.85. The number of H-pyrrole nitrogens is 1. The number of hydrogen-bond acceptors (Lipinski definition) is 3. The first-order valence-electron chi connectivity index (χ1n) is 4.22. The summed E-state index contributed by atoms with van der Waals surface area (Å²) in [6, 6.07) is 0. The van der Waals surface area contributed by atoms with Gasteiger partial charge in [-0.2, -0.15) is 15.4 Å². The van der Waals surface area contributed by atoms with Crippen molar-refractivity contribution in [3.63, 3.8) is 0 Å². The van der Waals surface area contributed by atoms with Crippen LogP contribution in [0.3, 0.4) is 0 Å². The molecule has 0 aliphatic heterocycles. The highest BCUT2D eigenvalue weighted by atomic mass is 16.5. The van der Waals surface area contributed by atoms with Crippen LogP contribution in [0.25, 0.3) is 0 Å². The molecule has 0 fully saturated rings. The summed E-state index contributed by atoms with van der Waals surface area (Å²) in [5.41, 5.74) is 0.839. The highest BCUT2D eigenvalue weighted by molar-refractivity contribution is 5.17. The molecule has 13 heavy (non-hydrogen) atoms. The van der Waals surface area contributed by atoms with Gasteiger partial charge in [0.15, 0.2) is 0 Å². The number of rotatable bonds is 4. The number of aromatic nitrogens is 3. The molecule has 1 heterocycles. The van der Waals surface area contributed by atoms with Gasteiger partial charge in [0.25, 0.3) is 0 Å².